The van der Waals surface area contributed by atoms with Crippen molar-refractivity contribution in [2.45, 2.75) is 225 Å². The fourth-order valence-corrected chi connectivity index (χ4v) is 10.6. The third-order valence-electron chi connectivity index (χ3n) is 15.5. The van der Waals surface area contributed by atoms with Gasteiger partial charge in [-0.15, -0.1) is 0 Å². The number of fused-ring (bicyclic) bond motifs is 6. The Morgan fingerprint density at radius 2 is 1.34 bits per heavy atom. The molecule has 16 nitrogen and oxygen atoms in total. The van der Waals surface area contributed by atoms with Crippen LogP contribution in [-0.2, 0) is 61.4 Å². The average molecular weight is 879 g/mol. The van der Waals surface area contributed by atoms with E-state index in [0.717, 1.165) is 0 Å². The number of rotatable bonds is 4. The fraction of sp³-hybridized carbons (Fsp3) is 0.889. The summed E-state index contributed by atoms with van der Waals surface area (Å²) in [6, 6.07) is -0.902. The Balaban J connectivity index is 1.36. The van der Waals surface area contributed by atoms with Crippen LogP contribution in [0.25, 0.3) is 0 Å². The van der Waals surface area contributed by atoms with Crippen LogP contribution < -0.4 is 5.73 Å². The lowest BCUT2D eigenvalue weighted by Gasteiger charge is -2.52. The van der Waals surface area contributed by atoms with E-state index in [-0.39, 0.29) is 18.4 Å². The number of hydrogen-bond donors (Lipinski definition) is 3. The molecular weight excluding hydrogens is 805 g/mol. The zero-order valence-corrected chi connectivity index (χ0v) is 38.4. The topological polar surface area (TPSA) is 210 Å². The van der Waals surface area contributed by atoms with Crippen molar-refractivity contribution in [3.63, 3.8) is 0 Å². The predicted molar refractivity (Wildman–Crippen MR) is 223 cm³/mol. The molecule has 7 aliphatic heterocycles. The monoisotopic (exact) mass is 879 g/mol. The number of ether oxygens (including phenoxy) is 6. The van der Waals surface area contributed by atoms with Gasteiger partial charge in [0, 0.05) is 35.5 Å². The molecule has 0 aromatic carbocycles. The lowest BCUT2D eigenvalue weighted by atomic mass is 9.73. The molecule has 1 unspecified atom stereocenters. The smallest absolute Gasteiger partial charge is 0.504 e. The van der Waals surface area contributed by atoms with Gasteiger partial charge < -0.3 is 63.0 Å². The summed E-state index contributed by atoms with van der Waals surface area (Å²) >= 11 is 0. The molecule has 7 rings (SSSR count). The minimum atomic E-state index is -3.53. The lowest BCUT2D eigenvalue weighted by Crippen LogP contribution is -2.61. The SMILES string of the molecule is CC(C)[C@H](N)C(=O)O[C@H](C)[C@@H]1C/C=C\CC[C@H](O)C(C)(C)[C@@H]2CC[C@@H](C)[C@]3(O2)O[B-]24O[C@H](C(=O)O1)[C@@]1(O[C@@H](CC[C@H]1C)C(C)(C)[C@H](O)CCC[C@@H]1C[C@H](OC(=O)[C@@H]3O2)[C@@H](C)O1)O4. The lowest BCUT2D eigenvalue weighted by molar-refractivity contribution is -0.311. The van der Waals surface area contributed by atoms with Crippen LogP contribution in [0.3, 0.4) is 0 Å². The van der Waals surface area contributed by atoms with Crippen LogP contribution in [0, 0.1) is 28.6 Å². The molecule has 17 atom stereocenters. The van der Waals surface area contributed by atoms with Crippen LogP contribution in [0.4, 0.5) is 0 Å². The maximum Gasteiger partial charge on any atom is 0.536 e. The molecule has 62 heavy (non-hydrogen) atoms. The Bertz CT molecular complexity index is 1680. The third kappa shape index (κ3) is 8.78. The van der Waals surface area contributed by atoms with Gasteiger partial charge in [-0.3, -0.25) is 4.79 Å². The molecule has 6 saturated heterocycles. The van der Waals surface area contributed by atoms with E-state index in [2.05, 4.69) is 0 Å². The van der Waals surface area contributed by atoms with Gasteiger partial charge in [0.25, 0.3) is 0 Å². The maximum atomic E-state index is 15.0. The molecule has 0 aromatic heterocycles. The first kappa shape index (κ1) is 47.8. The number of nitrogens with two attached hydrogens (primary N) is 1. The van der Waals surface area contributed by atoms with E-state index in [1.54, 1.807) is 6.92 Å². The number of aliphatic hydroxyl groups excluding tert-OH is 2. The molecule has 352 valence electrons. The maximum absolute atomic E-state index is 15.0. The normalized spacial score (nSPS) is 46.3. The first-order chi connectivity index (χ1) is 29.0. The molecule has 7 heterocycles. The Kier molecular flexibility index (Phi) is 13.8. The van der Waals surface area contributed by atoms with Crippen LogP contribution >= 0.6 is 0 Å². The predicted octanol–water partition coefficient (Wildman–Crippen LogP) is 4.89. The first-order valence-electron chi connectivity index (χ1n) is 23.3. The average Bonchev–Trinajstić information content (AvgIpc) is 3.84. The number of carbonyl (C=O) groups excluding carboxylic acids is 3. The molecule has 0 amide bonds. The zero-order chi connectivity index (χ0) is 45.2. The molecule has 7 aliphatic rings. The number of cyclic esters (lactones) is 1. The van der Waals surface area contributed by atoms with Crippen LogP contribution in [0.15, 0.2) is 12.2 Å². The number of hydrogen-bond acceptors (Lipinski definition) is 16. The van der Waals surface area contributed by atoms with Crippen molar-refractivity contribution in [2.75, 3.05) is 0 Å². The molecule has 4 N–H and O–H groups in total. The van der Waals surface area contributed by atoms with Crippen LogP contribution in [-0.4, -0.2) is 120 Å². The zero-order valence-electron chi connectivity index (χ0n) is 38.4. The van der Waals surface area contributed by atoms with Crippen molar-refractivity contribution in [1.29, 1.82) is 0 Å². The van der Waals surface area contributed by atoms with Gasteiger partial charge in [-0.25, -0.2) is 9.59 Å². The molecular formula is C45H73BNO15-. The summed E-state index contributed by atoms with van der Waals surface area (Å²) in [5, 5.41) is 23.6. The molecule has 9 bridgehead atoms. The Hall–Kier alpha value is -2.19. The van der Waals surface area contributed by atoms with E-state index >= 15 is 4.79 Å². The number of aliphatic hydroxyl groups is 2. The first-order valence-corrected chi connectivity index (χ1v) is 23.3. The molecule has 0 radical (unpaired) electrons. The Morgan fingerprint density at radius 3 is 1.90 bits per heavy atom. The summed E-state index contributed by atoms with van der Waals surface area (Å²) < 4.78 is 66.0. The summed E-state index contributed by atoms with van der Waals surface area (Å²) in [6.07, 6.45) is -0.362. The van der Waals surface area contributed by atoms with Gasteiger partial charge in [-0.1, -0.05) is 67.5 Å². The largest absolute Gasteiger partial charge is 0.536 e. The minimum absolute atomic E-state index is 0.142. The molecule has 0 aromatic rings. The van der Waals surface area contributed by atoms with E-state index in [9.17, 15) is 19.8 Å². The van der Waals surface area contributed by atoms with Crippen LogP contribution in [0.1, 0.15) is 140 Å². The van der Waals surface area contributed by atoms with Gasteiger partial charge in [0.05, 0.1) is 36.6 Å². The van der Waals surface area contributed by atoms with Crippen molar-refractivity contribution in [2.24, 2.45) is 34.3 Å². The van der Waals surface area contributed by atoms with Crippen LogP contribution in [0.2, 0.25) is 0 Å². The summed E-state index contributed by atoms with van der Waals surface area (Å²) in [4.78, 5) is 42.9. The summed E-state index contributed by atoms with van der Waals surface area (Å²) in [5.74, 6) is -7.31. The minimum Gasteiger partial charge on any atom is -0.504 e. The van der Waals surface area contributed by atoms with Crippen molar-refractivity contribution >= 4 is 24.9 Å². The van der Waals surface area contributed by atoms with Gasteiger partial charge in [0.1, 0.15) is 24.4 Å². The standard InChI is InChI=1S/C45H73BNO15/c1-24(2)36(47)39(50)54-27(5)30-16-12-11-13-17-32(48)42(7,8)34-21-19-26(4)45(57-34)38-41(52)56-31-23-29(53-28(31)6)15-14-18-33(49)43(9,10)35-22-20-25(3)44(58-35)37(40(51)55-30)59-46(60-38,61-44)62-45/h11-12,24-38,48-49H,13-23,47H2,1-10H3/q-1/b12-11-/t25-,26-,27-,28-,29-,30+,31+,32+,33-,34+,35+,36+,37-,38+,44+,45+,46?/m1/s1. The highest BCUT2D eigenvalue weighted by molar-refractivity contribution is 6.56. The molecule has 17 heteroatoms. The third-order valence-corrected chi connectivity index (χ3v) is 15.5. The molecule has 6 fully saturated rings. The number of esters is 3. The van der Waals surface area contributed by atoms with Gasteiger partial charge in [0.15, 0.2) is 23.8 Å². The highest BCUT2D eigenvalue weighted by Gasteiger charge is 2.73. The summed E-state index contributed by atoms with van der Waals surface area (Å²) in [7, 11) is 0. The van der Waals surface area contributed by atoms with Crippen molar-refractivity contribution in [3.05, 3.63) is 12.2 Å². The fourth-order valence-electron chi connectivity index (χ4n) is 10.6. The van der Waals surface area contributed by atoms with E-state index < -0.39 is 126 Å². The second-order valence-electron chi connectivity index (χ2n) is 20.9. The van der Waals surface area contributed by atoms with E-state index in [1.807, 2.05) is 74.5 Å². The van der Waals surface area contributed by atoms with E-state index in [1.165, 1.54) is 0 Å². The van der Waals surface area contributed by atoms with Crippen molar-refractivity contribution < 1.29 is 71.6 Å². The van der Waals surface area contributed by atoms with Gasteiger partial charge in [0.2, 0.25) is 0 Å². The quantitative estimate of drug-likeness (QED) is 0.149. The molecule has 0 aliphatic carbocycles. The summed E-state index contributed by atoms with van der Waals surface area (Å²) in [6.45, 7) is 15.1. The highest BCUT2D eigenvalue weighted by Crippen LogP contribution is 2.57. The second-order valence-corrected chi connectivity index (χ2v) is 20.9. The van der Waals surface area contributed by atoms with Gasteiger partial charge >= 0.3 is 24.9 Å². The molecule has 0 saturated carbocycles. The van der Waals surface area contributed by atoms with Gasteiger partial charge in [-0.2, -0.15) is 0 Å². The Morgan fingerprint density at radius 1 is 0.790 bits per heavy atom. The summed E-state index contributed by atoms with van der Waals surface area (Å²) in [5.41, 5.74) is 4.48. The van der Waals surface area contributed by atoms with E-state index in [4.69, 9.17) is 52.8 Å². The van der Waals surface area contributed by atoms with Crippen molar-refractivity contribution in [1.82, 2.24) is 0 Å². The molecule has 3 spiro atoms. The number of allylic oxidation sites excluding steroid dienone is 1. The van der Waals surface area contributed by atoms with Gasteiger partial charge in [-0.05, 0) is 77.6 Å². The van der Waals surface area contributed by atoms with Crippen molar-refractivity contribution in [3.8, 4) is 0 Å². The Labute approximate surface area is 366 Å². The highest BCUT2D eigenvalue weighted by atomic mass is 17.0. The second kappa shape index (κ2) is 17.9. The van der Waals surface area contributed by atoms with Crippen LogP contribution in [0.5, 0.6) is 0 Å². The van der Waals surface area contributed by atoms with E-state index in [0.29, 0.717) is 64.2 Å². The number of carbonyl (C=O) groups is 3.